The first-order chi connectivity index (χ1) is 6.77. The molecule has 4 nitrogen and oxygen atoms in total. The molecule has 1 aliphatic rings. The van der Waals surface area contributed by atoms with Crippen LogP contribution in [0, 0.1) is 0 Å². The van der Waals surface area contributed by atoms with Gasteiger partial charge in [-0.05, 0) is 18.6 Å². The number of hydrogen-bond acceptors (Lipinski definition) is 3. The highest BCUT2D eigenvalue weighted by molar-refractivity contribution is 5.92. The summed E-state index contributed by atoms with van der Waals surface area (Å²) in [6.07, 6.45) is 2.52. The van der Waals surface area contributed by atoms with Crippen LogP contribution in [0.25, 0.3) is 0 Å². The molecular weight excluding hydrogens is 178 g/mol. The number of amides is 1. The van der Waals surface area contributed by atoms with Gasteiger partial charge < -0.3 is 10.6 Å². The SMILES string of the molecule is NC1CCN(C(=O)c2ccccn2)C1. The van der Waals surface area contributed by atoms with Gasteiger partial charge in [0.15, 0.2) is 0 Å². The molecule has 0 spiro atoms. The molecular formula is C10H13N3O. The summed E-state index contributed by atoms with van der Waals surface area (Å²) in [5, 5.41) is 0. The molecule has 0 radical (unpaired) electrons. The molecule has 1 amide bonds. The average molecular weight is 191 g/mol. The summed E-state index contributed by atoms with van der Waals surface area (Å²) in [5.41, 5.74) is 6.23. The second-order valence-corrected chi connectivity index (χ2v) is 3.51. The van der Waals surface area contributed by atoms with Crippen molar-refractivity contribution in [2.24, 2.45) is 5.73 Å². The minimum absolute atomic E-state index is 0.0152. The van der Waals surface area contributed by atoms with Gasteiger partial charge in [-0.1, -0.05) is 6.07 Å². The van der Waals surface area contributed by atoms with Crippen LogP contribution in [0.1, 0.15) is 16.9 Å². The number of carbonyl (C=O) groups is 1. The molecule has 2 heterocycles. The zero-order chi connectivity index (χ0) is 9.97. The quantitative estimate of drug-likeness (QED) is 0.692. The number of hydrogen-bond donors (Lipinski definition) is 1. The largest absolute Gasteiger partial charge is 0.336 e. The lowest BCUT2D eigenvalue weighted by Gasteiger charge is -2.14. The van der Waals surface area contributed by atoms with E-state index in [1.807, 2.05) is 6.07 Å². The lowest BCUT2D eigenvalue weighted by atomic mass is 10.3. The summed E-state index contributed by atoms with van der Waals surface area (Å²) in [6, 6.07) is 5.47. The van der Waals surface area contributed by atoms with Crippen molar-refractivity contribution in [3.63, 3.8) is 0 Å². The first-order valence-electron chi connectivity index (χ1n) is 4.73. The highest BCUT2D eigenvalue weighted by Gasteiger charge is 2.24. The number of rotatable bonds is 1. The number of pyridine rings is 1. The molecule has 2 rings (SSSR count). The zero-order valence-electron chi connectivity index (χ0n) is 7.89. The van der Waals surface area contributed by atoms with Crippen molar-refractivity contribution in [3.8, 4) is 0 Å². The van der Waals surface area contributed by atoms with Gasteiger partial charge in [0.2, 0.25) is 0 Å². The van der Waals surface area contributed by atoms with Crippen LogP contribution >= 0.6 is 0 Å². The smallest absolute Gasteiger partial charge is 0.272 e. The Bertz CT molecular complexity index is 325. The molecule has 2 N–H and O–H groups in total. The summed E-state index contributed by atoms with van der Waals surface area (Å²) in [6.45, 7) is 1.39. The zero-order valence-corrected chi connectivity index (χ0v) is 7.89. The molecule has 1 aromatic rings. The summed E-state index contributed by atoms with van der Waals surface area (Å²) >= 11 is 0. The van der Waals surface area contributed by atoms with E-state index in [1.54, 1.807) is 23.2 Å². The molecule has 1 aliphatic heterocycles. The molecule has 1 atom stereocenters. The third kappa shape index (κ3) is 1.75. The van der Waals surface area contributed by atoms with Crippen molar-refractivity contribution < 1.29 is 4.79 Å². The van der Waals surface area contributed by atoms with Crippen LogP contribution in [-0.4, -0.2) is 34.9 Å². The van der Waals surface area contributed by atoms with Gasteiger partial charge >= 0.3 is 0 Å². The van der Waals surface area contributed by atoms with Gasteiger partial charge in [0.25, 0.3) is 5.91 Å². The molecule has 1 aromatic heterocycles. The van der Waals surface area contributed by atoms with Gasteiger partial charge in [-0.3, -0.25) is 9.78 Å². The Kier molecular flexibility index (Phi) is 2.45. The molecule has 0 aliphatic carbocycles. The summed E-state index contributed by atoms with van der Waals surface area (Å²) in [7, 11) is 0. The fraction of sp³-hybridized carbons (Fsp3) is 0.400. The first kappa shape index (κ1) is 9.15. The number of carbonyl (C=O) groups excluding carboxylic acids is 1. The lowest BCUT2D eigenvalue weighted by Crippen LogP contribution is -2.32. The van der Waals surface area contributed by atoms with E-state index in [9.17, 15) is 4.79 Å². The summed E-state index contributed by atoms with van der Waals surface area (Å²) < 4.78 is 0. The fourth-order valence-corrected chi connectivity index (χ4v) is 1.62. The third-order valence-electron chi connectivity index (χ3n) is 2.40. The second-order valence-electron chi connectivity index (χ2n) is 3.51. The molecule has 14 heavy (non-hydrogen) atoms. The molecule has 0 bridgehead atoms. The Morgan fingerprint density at radius 3 is 3.00 bits per heavy atom. The summed E-state index contributed by atoms with van der Waals surface area (Å²) in [5.74, 6) is -0.0152. The van der Waals surface area contributed by atoms with Crippen LogP contribution in [0.3, 0.4) is 0 Å². The maximum atomic E-state index is 11.8. The molecule has 0 saturated carbocycles. The van der Waals surface area contributed by atoms with Gasteiger partial charge in [0, 0.05) is 25.3 Å². The van der Waals surface area contributed by atoms with Gasteiger partial charge in [-0.25, -0.2) is 0 Å². The minimum atomic E-state index is -0.0152. The van der Waals surface area contributed by atoms with Gasteiger partial charge in [0.1, 0.15) is 5.69 Å². The first-order valence-corrected chi connectivity index (χ1v) is 4.73. The number of nitrogens with zero attached hydrogens (tertiary/aromatic N) is 2. The number of likely N-dealkylation sites (tertiary alicyclic amines) is 1. The maximum absolute atomic E-state index is 11.8. The van der Waals surface area contributed by atoms with Crippen LogP contribution in [0.15, 0.2) is 24.4 Å². The molecule has 1 saturated heterocycles. The van der Waals surface area contributed by atoms with Gasteiger partial charge in [-0.2, -0.15) is 0 Å². The van der Waals surface area contributed by atoms with E-state index in [-0.39, 0.29) is 11.9 Å². The average Bonchev–Trinajstić information content (AvgIpc) is 2.65. The Morgan fingerprint density at radius 2 is 2.43 bits per heavy atom. The fourth-order valence-electron chi connectivity index (χ4n) is 1.62. The van der Waals surface area contributed by atoms with Crippen molar-refractivity contribution in [1.82, 2.24) is 9.88 Å². The Hall–Kier alpha value is -1.42. The monoisotopic (exact) mass is 191 g/mol. The number of nitrogens with two attached hydrogens (primary N) is 1. The molecule has 74 valence electrons. The van der Waals surface area contributed by atoms with E-state index < -0.39 is 0 Å². The van der Waals surface area contributed by atoms with E-state index in [0.29, 0.717) is 12.2 Å². The van der Waals surface area contributed by atoms with Crippen molar-refractivity contribution in [3.05, 3.63) is 30.1 Å². The van der Waals surface area contributed by atoms with E-state index >= 15 is 0 Å². The molecule has 1 fully saturated rings. The summed E-state index contributed by atoms with van der Waals surface area (Å²) in [4.78, 5) is 17.6. The number of aromatic nitrogens is 1. The molecule has 0 aromatic carbocycles. The molecule has 4 heteroatoms. The predicted molar refractivity (Wildman–Crippen MR) is 52.7 cm³/mol. The normalized spacial score (nSPS) is 21.2. The van der Waals surface area contributed by atoms with Crippen LogP contribution in [0.5, 0.6) is 0 Å². The van der Waals surface area contributed by atoms with Gasteiger partial charge in [-0.15, -0.1) is 0 Å². The second kappa shape index (κ2) is 3.75. The van der Waals surface area contributed by atoms with E-state index in [0.717, 1.165) is 13.0 Å². The van der Waals surface area contributed by atoms with Crippen LogP contribution in [0.2, 0.25) is 0 Å². The van der Waals surface area contributed by atoms with Crippen molar-refractivity contribution in [2.75, 3.05) is 13.1 Å². The topological polar surface area (TPSA) is 59.2 Å². The predicted octanol–water partition coefficient (Wildman–Crippen LogP) is 0.255. The Labute approximate surface area is 82.7 Å². The van der Waals surface area contributed by atoms with Crippen LogP contribution in [0.4, 0.5) is 0 Å². The van der Waals surface area contributed by atoms with Crippen LogP contribution < -0.4 is 5.73 Å². The third-order valence-corrected chi connectivity index (χ3v) is 2.40. The minimum Gasteiger partial charge on any atom is -0.336 e. The van der Waals surface area contributed by atoms with Crippen LogP contribution in [-0.2, 0) is 0 Å². The van der Waals surface area contributed by atoms with E-state index in [1.165, 1.54) is 0 Å². The Morgan fingerprint density at radius 1 is 1.57 bits per heavy atom. The Balaban J connectivity index is 2.10. The highest BCUT2D eigenvalue weighted by atomic mass is 16.2. The van der Waals surface area contributed by atoms with Crippen molar-refractivity contribution in [2.45, 2.75) is 12.5 Å². The standard InChI is InChI=1S/C10H13N3O/c11-8-4-6-13(7-8)10(14)9-3-1-2-5-12-9/h1-3,5,8H,4,6-7,11H2. The van der Waals surface area contributed by atoms with E-state index in [4.69, 9.17) is 5.73 Å². The molecule has 1 unspecified atom stereocenters. The highest BCUT2D eigenvalue weighted by Crippen LogP contribution is 2.10. The van der Waals surface area contributed by atoms with E-state index in [2.05, 4.69) is 4.98 Å². The van der Waals surface area contributed by atoms with Crippen molar-refractivity contribution >= 4 is 5.91 Å². The van der Waals surface area contributed by atoms with Crippen molar-refractivity contribution in [1.29, 1.82) is 0 Å². The lowest BCUT2D eigenvalue weighted by molar-refractivity contribution is 0.0785. The van der Waals surface area contributed by atoms with Gasteiger partial charge in [0.05, 0.1) is 0 Å². The maximum Gasteiger partial charge on any atom is 0.272 e.